The molecule has 5 rings (SSSR count). The summed E-state index contributed by atoms with van der Waals surface area (Å²) in [4.78, 5) is 32.8. The Morgan fingerprint density at radius 3 is 2.66 bits per heavy atom. The number of anilines is 2. The number of nitrogens with zero attached hydrogens (tertiary/aromatic N) is 3. The third-order valence-electron chi connectivity index (χ3n) is 7.17. The Kier molecular flexibility index (Phi) is 6.47. The number of morpholine rings is 1. The number of fused-ring (bicyclic) bond motifs is 1. The predicted octanol–water partition coefficient (Wildman–Crippen LogP) is 4.21. The van der Waals surface area contributed by atoms with Gasteiger partial charge in [-0.05, 0) is 56.4 Å². The van der Waals surface area contributed by atoms with Gasteiger partial charge in [-0.15, -0.1) is 0 Å². The van der Waals surface area contributed by atoms with E-state index in [9.17, 15) is 14.7 Å². The number of carboxylic acids is 1. The van der Waals surface area contributed by atoms with E-state index in [0.29, 0.717) is 61.3 Å². The zero-order chi connectivity index (χ0) is 24.5. The maximum atomic E-state index is 13.9. The second kappa shape index (κ2) is 9.70. The van der Waals surface area contributed by atoms with Gasteiger partial charge in [0.2, 0.25) is 5.95 Å². The van der Waals surface area contributed by atoms with Crippen LogP contribution in [0.2, 0.25) is 0 Å². The fourth-order valence-electron chi connectivity index (χ4n) is 5.03. The molecule has 2 aliphatic rings. The molecule has 8 heteroatoms. The summed E-state index contributed by atoms with van der Waals surface area (Å²) in [5, 5.41) is 13.6. The smallest absolute Gasteiger partial charge is 0.337 e. The quantitative estimate of drug-likeness (QED) is 0.527. The van der Waals surface area contributed by atoms with E-state index in [-0.39, 0.29) is 17.2 Å². The summed E-state index contributed by atoms with van der Waals surface area (Å²) >= 11 is 0. The minimum atomic E-state index is -0.985. The van der Waals surface area contributed by atoms with Crippen molar-refractivity contribution in [2.45, 2.75) is 45.7 Å². The van der Waals surface area contributed by atoms with Crippen molar-refractivity contribution in [3.8, 4) is 0 Å². The molecule has 1 aromatic heterocycles. The van der Waals surface area contributed by atoms with E-state index in [1.54, 1.807) is 18.2 Å². The second-order valence-corrected chi connectivity index (χ2v) is 9.69. The number of para-hydroxylation sites is 1. The summed E-state index contributed by atoms with van der Waals surface area (Å²) in [6, 6.07) is 10.6. The molecule has 0 unspecified atom stereocenters. The molecule has 1 saturated heterocycles. The van der Waals surface area contributed by atoms with Gasteiger partial charge < -0.3 is 20.1 Å². The van der Waals surface area contributed by atoms with Crippen LogP contribution in [0.5, 0.6) is 0 Å². The Hall–Kier alpha value is -3.39. The Morgan fingerprint density at radius 2 is 1.97 bits per heavy atom. The summed E-state index contributed by atoms with van der Waals surface area (Å²) in [5.41, 5.74) is 3.25. The van der Waals surface area contributed by atoms with E-state index in [1.807, 2.05) is 36.6 Å². The minimum Gasteiger partial charge on any atom is -0.478 e. The van der Waals surface area contributed by atoms with Crippen molar-refractivity contribution in [2.24, 2.45) is 5.92 Å². The highest BCUT2D eigenvalue weighted by Crippen LogP contribution is 2.32. The number of hydrogen-bond acceptors (Lipinski definition) is 6. The van der Waals surface area contributed by atoms with Crippen molar-refractivity contribution in [1.29, 1.82) is 0 Å². The summed E-state index contributed by atoms with van der Waals surface area (Å²) in [6.45, 7) is 7.27. The number of aromatic nitrogens is 2. The van der Waals surface area contributed by atoms with E-state index in [4.69, 9.17) is 9.72 Å². The second-order valence-electron chi connectivity index (χ2n) is 9.69. The molecular formula is C27H32N4O4. The van der Waals surface area contributed by atoms with E-state index in [1.165, 1.54) is 6.42 Å². The maximum Gasteiger partial charge on any atom is 0.337 e. The lowest BCUT2D eigenvalue weighted by Crippen LogP contribution is -2.41. The van der Waals surface area contributed by atoms with Crippen LogP contribution in [0.4, 0.5) is 11.6 Å². The Bertz CT molecular complexity index is 1310. The number of carbonyl (C=O) groups is 1. The lowest BCUT2D eigenvalue weighted by atomic mass is 9.85. The number of hydrogen-bond donors (Lipinski definition) is 2. The normalized spacial score (nSPS) is 17.3. The number of carboxylic acid groups (broad SMARTS) is 1. The van der Waals surface area contributed by atoms with Crippen molar-refractivity contribution in [3.05, 3.63) is 63.4 Å². The van der Waals surface area contributed by atoms with Crippen molar-refractivity contribution in [2.75, 3.05) is 36.5 Å². The average Bonchev–Trinajstić information content (AvgIpc) is 2.83. The van der Waals surface area contributed by atoms with Gasteiger partial charge in [-0.1, -0.05) is 24.6 Å². The highest BCUT2D eigenvalue weighted by molar-refractivity contribution is 5.94. The molecule has 2 aromatic carbocycles. The number of rotatable bonds is 7. The lowest BCUT2D eigenvalue weighted by molar-refractivity contribution is 0.0698. The van der Waals surface area contributed by atoms with Gasteiger partial charge in [0, 0.05) is 30.9 Å². The van der Waals surface area contributed by atoms with Gasteiger partial charge in [-0.3, -0.25) is 9.36 Å². The molecule has 1 atom stereocenters. The highest BCUT2D eigenvalue weighted by atomic mass is 16.5. The molecule has 1 saturated carbocycles. The molecule has 184 valence electrons. The van der Waals surface area contributed by atoms with E-state index >= 15 is 0 Å². The molecule has 35 heavy (non-hydrogen) atoms. The third-order valence-corrected chi connectivity index (χ3v) is 7.17. The molecule has 1 aliphatic heterocycles. The molecule has 2 heterocycles. The minimum absolute atomic E-state index is 0.00789. The van der Waals surface area contributed by atoms with Gasteiger partial charge in [0.25, 0.3) is 5.56 Å². The van der Waals surface area contributed by atoms with E-state index < -0.39 is 5.97 Å². The van der Waals surface area contributed by atoms with Crippen LogP contribution in [0.1, 0.15) is 53.7 Å². The Balaban J connectivity index is 1.62. The van der Waals surface area contributed by atoms with Gasteiger partial charge in [0.1, 0.15) is 0 Å². The molecule has 1 aliphatic carbocycles. The summed E-state index contributed by atoms with van der Waals surface area (Å²) in [7, 11) is 0. The fourth-order valence-corrected chi connectivity index (χ4v) is 5.03. The number of aromatic carboxylic acids is 1. The van der Waals surface area contributed by atoms with Crippen LogP contribution in [0.25, 0.3) is 10.9 Å². The molecule has 8 nitrogen and oxygen atoms in total. The topological polar surface area (TPSA) is 96.7 Å². The van der Waals surface area contributed by atoms with E-state index in [0.717, 1.165) is 24.0 Å². The number of ether oxygens (including phenoxy) is 1. The zero-order valence-corrected chi connectivity index (χ0v) is 20.3. The van der Waals surface area contributed by atoms with E-state index in [2.05, 4.69) is 10.2 Å². The average molecular weight is 477 g/mol. The largest absolute Gasteiger partial charge is 0.478 e. The van der Waals surface area contributed by atoms with Gasteiger partial charge in [-0.2, -0.15) is 0 Å². The van der Waals surface area contributed by atoms with Crippen molar-refractivity contribution < 1.29 is 14.6 Å². The SMILES string of the molecule is Cc1cc([C@H](C)Nc2ccccc2C(=O)O)c2nc(N3CCOCC3)n(CC3CCC3)c(=O)c2c1. The predicted molar refractivity (Wildman–Crippen MR) is 137 cm³/mol. The molecule has 0 bridgehead atoms. The summed E-state index contributed by atoms with van der Waals surface area (Å²) in [5.74, 6) is 0.242. The van der Waals surface area contributed by atoms with Crippen LogP contribution in [0, 0.1) is 12.8 Å². The van der Waals surface area contributed by atoms with Crippen LogP contribution in [0.3, 0.4) is 0 Å². The zero-order valence-electron chi connectivity index (χ0n) is 20.3. The molecular weight excluding hydrogens is 444 g/mol. The van der Waals surface area contributed by atoms with Crippen LogP contribution in [-0.4, -0.2) is 46.9 Å². The van der Waals surface area contributed by atoms with Crippen molar-refractivity contribution in [1.82, 2.24) is 9.55 Å². The van der Waals surface area contributed by atoms with Gasteiger partial charge in [0.05, 0.1) is 35.7 Å². The summed E-state index contributed by atoms with van der Waals surface area (Å²) < 4.78 is 7.43. The van der Waals surface area contributed by atoms with Gasteiger partial charge in [-0.25, -0.2) is 9.78 Å². The number of nitrogens with one attached hydrogen (secondary N) is 1. The first-order valence-electron chi connectivity index (χ1n) is 12.4. The molecule has 0 amide bonds. The van der Waals surface area contributed by atoms with Crippen LogP contribution in [-0.2, 0) is 11.3 Å². The molecule has 2 fully saturated rings. The van der Waals surface area contributed by atoms with Crippen molar-refractivity contribution in [3.63, 3.8) is 0 Å². The first-order chi connectivity index (χ1) is 16.9. The van der Waals surface area contributed by atoms with Crippen molar-refractivity contribution >= 4 is 28.5 Å². The summed E-state index contributed by atoms with van der Waals surface area (Å²) in [6.07, 6.45) is 3.52. The monoisotopic (exact) mass is 476 g/mol. The lowest BCUT2D eigenvalue weighted by Gasteiger charge is -2.33. The Morgan fingerprint density at radius 1 is 1.23 bits per heavy atom. The van der Waals surface area contributed by atoms with Crippen LogP contribution >= 0.6 is 0 Å². The highest BCUT2D eigenvalue weighted by Gasteiger charge is 2.26. The first-order valence-corrected chi connectivity index (χ1v) is 12.4. The van der Waals surface area contributed by atoms with Gasteiger partial charge >= 0.3 is 5.97 Å². The number of aryl methyl sites for hydroxylation is 1. The first kappa shape index (κ1) is 23.4. The number of benzene rings is 2. The fraction of sp³-hybridized carbons (Fsp3) is 0.444. The molecule has 0 spiro atoms. The van der Waals surface area contributed by atoms with Crippen LogP contribution < -0.4 is 15.8 Å². The molecule has 3 aromatic rings. The van der Waals surface area contributed by atoms with Gasteiger partial charge in [0.15, 0.2) is 0 Å². The standard InChI is InChI=1S/C27H32N4O4/c1-17-14-21(18(2)28-23-9-4-3-8-20(23)26(33)34)24-22(15-17)25(32)31(16-19-6-5-7-19)27(29-24)30-10-12-35-13-11-30/h3-4,8-9,14-15,18-19,28H,5-7,10-13,16H2,1-2H3,(H,33,34)/t18-/m0/s1. The molecule has 0 radical (unpaired) electrons. The maximum absolute atomic E-state index is 13.9. The third kappa shape index (κ3) is 4.62. The molecule has 2 N–H and O–H groups in total. The Labute approximate surface area is 204 Å². The van der Waals surface area contributed by atoms with Crippen LogP contribution in [0.15, 0.2) is 41.2 Å².